The number of aromatic nitrogens is 1. The normalized spacial score (nSPS) is 17.9. The van der Waals surface area contributed by atoms with E-state index in [1.54, 1.807) is 12.4 Å². The number of hydrogen-bond donors (Lipinski definition) is 0. The van der Waals surface area contributed by atoms with Crippen molar-refractivity contribution in [3.63, 3.8) is 0 Å². The first kappa shape index (κ1) is 23.0. The molecule has 0 spiro atoms. The van der Waals surface area contributed by atoms with E-state index in [0.29, 0.717) is 11.3 Å². The molecule has 0 atom stereocenters. The summed E-state index contributed by atoms with van der Waals surface area (Å²) in [6.45, 7) is 6.09. The molecule has 2 aromatic rings. The fourth-order valence-corrected chi connectivity index (χ4v) is 4.51. The third-order valence-electron chi connectivity index (χ3n) is 6.31. The number of amides is 2. The van der Waals surface area contributed by atoms with Crippen LogP contribution in [-0.4, -0.2) is 70.8 Å². The number of carbonyl (C=O) groups excluding carboxylic acids is 2. The van der Waals surface area contributed by atoms with Gasteiger partial charge in [0, 0.05) is 25.5 Å². The molecule has 0 radical (unpaired) electrons. The smallest absolute Gasteiger partial charge is 0.278 e. The third-order valence-corrected chi connectivity index (χ3v) is 6.31. The number of piperidine rings is 1. The number of imide groups is 1. The van der Waals surface area contributed by atoms with Gasteiger partial charge in [-0.1, -0.05) is 18.2 Å². The van der Waals surface area contributed by atoms with Gasteiger partial charge in [-0.25, -0.2) is 0 Å². The number of nitrogens with zero attached hydrogens (tertiary/aromatic N) is 4. The lowest BCUT2D eigenvalue weighted by Crippen LogP contribution is -2.43. The van der Waals surface area contributed by atoms with Crippen LogP contribution in [0.25, 0.3) is 5.57 Å². The first-order valence-electron chi connectivity index (χ1n) is 11.5. The fourth-order valence-electron chi connectivity index (χ4n) is 4.51. The average Bonchev–Trinajstić information content (AvgIpc) is 3.05. The first-order chi connectivity index (χ1) is 15.8. The molecule has 0 bridgehead atoms. The summed E-state index contributed by atoms with van der Waals surface area (Å²) in [5.74, 6) is 0.225. The zero-order valence-corrected chi connectivity index (χ0v) is 19.8. The molecule has 1 aromatic heterocycles. The SMILES string of the molecule is CC(C)Oc1ccc(C2=C(N(C)C3CCN(C)CC3)C(=O)N(Cc3cccnc3)C2=O)cc1. The van der Waals surface area contributed by atoms with E-state index in [0.717, 1.165) is 42.8 Å². The van der Waals surface area contributed by atoms with E-state index in [4.69, 9.17) is 4.74 Å². The van der Waals surface area contributed by atoms with E-state index in [1.165, 1.54) is 4.90 Å². The van der Waals surface area contributed by atoms with Gasteiger partial charge in [-0.3, -0.25) is 19.5 Å². The first-order valence-corrected chi connectivity index (χ1v) is 11.5. The largest absolute Gasteiger partial charge is 0.491 e. The Labute approximate surface area is 195 Å². The van der Waals surface area contributed by atoms with E-state index < -0.39 is 0 Å². The Morgan fingerprint density at radius 1 is 1.09 bits per heavy atom. The van der Waals surface area contributed by atoms with Crippen molar-refractivity contribution in [2.45, 2.75) is 45.4 Å². The van der Waals surface area contributed by atoms with Gasteiger partial charge in [-0.05, 0) is 76.2 Å². The molecule has 3 heterocycles. The monoisotopic (exact) mass is 448 g/mol. The van der Waals surface area contributed by atoms with Crippen molar-refractivity contribution >= 4 is 17.4 Å². The van der Waals surface area contributed by atoms with Crippen molar-refractivity contribution in [2.24, 2.45) is 0 Å². The van der Waals surface area contributed by atoms with Gasteiger partial charge in [0.1, 0.15) is 11.4 Å². The van der Waals surface area contributed by atoms with E-state index >= 15 is 0 Å². The summed E-state index contributed by atoms with van der Waals surface area (Å²) in [6.07, 6.45) is 5.34. The number of rotatable bonds is 7. The Hall–Kier alpha value is -3.19. The second-order valence-corrected chi connectivity index (χ2v) is 9.12. The number of hydrogen-bond acceptors (Lipinski definition) is 6. The van der Waals surface area contributed by atoms with Crippen LogP contribution < -0.4 is 4.74 Å². The molecule has 0 aliphatic carbocycles. The number of likely N-dealkylation sites (N-methyl/N-ethyl adjacent to an activating group) is 1. The van der Waals surface area contributed by atoms with Crippen LogP contribution in [0.15, 0.2) is 54.5 Å². The van der Waals surface area contributed by atoms with Crippen LogP contribution in [0.4, 0.5) is 0 Å². The molecule has 1 aromatic carbocycles. The molecule has 33 heavy (non-hydrogen) atoms. The summed E-state index contributed by atoms with van der Waals surface area (Å²) in [4.78, 5) is 37.0. The molecule has 0 unspecified atom stereocenters. The van der Waals surface area contributed by atoms with Gasteiger partial charge in [0.05, 0.1) is 18.2 Å². The molecular weight excluding hydrogens is 416 g/mol. The van der Waals surface area contributed by atoms with Gasteiger partial charge in [0.2, 0.25) is 0 Å². The quantitative estimate of drug-likeness (QED) is 0.606. The Morgan fingerprint density at radius 2 is 1.79 bits per heavy atom. The summed E-state index contributed by atoms with van der Waals surface area (Å²) in [7, 11) is 4.06. The molecular formula is C26H32N4O3. The summed E-state index contributed by atoms with van der Waals surface area (Å²) in [5, 5.41) is 0. The highest BCUT2D eigenvalue weighted by molar-refractivity contribution is 6.35. The summed E-state index contributed by atoms with van der Waals surface area (Å²) in [5.41, 5.74) is 2.49. The van der Waals surface area contributed by atoms with Crippen molar-refractivity contribution < 1.29 is 14.3 Å². The van der Waals surface area contributed by atoms with Gasteiger partial charge in [-0.15, -0.1) is 0 Å². The molecule has 2 aliphatic rings. The summed E-state index contributed by atoms with van der Waals surface area (Å²) >= 11 is 0. The molecule has 1 saturated heterocycles. The molecule has 2 amide bonds. The van der Waals surface area contributed by atoms with Crippen LogP contribution in [-0.2, 0) is 16.1 Å². The van der Waals surface area contributed by atoms with E-state index in [9.17, 15) is 9.59 Å². The van der Waals surface area contributed by atoms with E-state index in [2.05, 4.69) is 16.9 Å². The van der Waals surface area contributed by atoms with Gasteiger partial charge >= 0.3 is 0 Å². The van der Waals surface area contributed by atoms with Gasteiger partial charge in [-0.2, -0.15) is 0 Å². The van der Waals surface area contributed by atoms with Crippen molar-refractivity contribution in [3.8, 4) is 5.75 Å². The molecule has 2 aliphatic heterocycles. The van der Waals surface area contributed by atoms with Crippen molar-refractivity contribution in [1.82, 2.24) is 19.7 Å². The minimum atomic E-state index is -0.267. The van der Waals surface area contributed by atoms with E-state index in [1.807, 2.05) is 62.2 Å². The van der Waals surface area contributed by atoms with Crippen LogP contribution >= 0.6 is 0 Å². The minimum absolute atomic E-state index is 0.0610. The standard InChI is InChI=1S/C26H32N4O3/c1-18(2)33-22-9-7-20(8-10-22)23-24(29(4)21-11-14-28(3)15-12-21)26(32)30(25(23)31)17-19-6-5-13-27-16-19/h5-10,13,16,18,21H,11-12,14-15,17H2,1-4H3. The minimum Gasteiger partial charge on any atom is -0.491 e. The maximum Gasteiger partial charge on any atom is 0.278 e. The van der Waals surface area contributed by atoms with Crippen LogP contribution in [0, 0.1) is 0 Å². The predicted octanol–water partition coefficient (Wildman–Crippen LogP) is 3.17. The maximum absolute atomic E-state index is 13.6. The second-order valence-electron chi connectivity index (χ2n) is 9.12. The highest BCUT2D eigenvalue weighted by Gasteiger charge is 2.42. The molecule has 1 fully saturated rings. The lowest BCUT2D eigenvalue weighted by molar-refractivity contribution is -0.138. The Morgan fingerprint density at radius 3 is 2.39 bits per heavy atom. The fraction of sp³-hybridized carbons (Fsp3) is 0.423. The topological polar surface area (TPSA) is 66.0 Å². The molecule has 7 heteroatoms. The summed E-state index contributed by atoms with van der Waals surface area (Å²) < 4.78 is 5.76. The van der Waals surface area contributed by atoms with Crippen molar-refractivity contribution in [1.29, 1.82) is 0 Å². The highest BCUT2D eigenvalue weighted by Crippen LogP contribution is 2.35. The summed E-state index contributed by atoms with van der Waals surface area (Å²) in [6, 6.07) is 11.4. The lowest BCUT2D eigenvalue weighted by Gasteiger charge is -2.36. The molecule has 0 N–H and O–H groups in total. The van der Waals surface area contributed by atoms with Gasteiger partial charge in [0.25, 0.3) is 11.8 Å². The van der Waals surface area contributed by atoms with Crippen LogP contribution in [0.3, 0.4) is 0 Å². The number of likely N-dealkylation sites (tertiary alicyclic amines) is 1. The van der Waals surface area contributed by atoms with E-state index in [-0.39, 0.29) is 30.5 Å². The third kappa shape index (κ3) is 4.93. The maximum atomic E-state index is 13.6. The number of ether oxygens (including phenoxy) is 1. The predicted molar refractivity (Wildman–Crippen MR) is 127 cm³/mol. The molecule has 4 rings (SSSR count). The Bertz CT molecular complexity index is 1030. The van der Waals surface area contributed by atoms with Crippen LogP contribution in [0.1, 0.15) is 37.8 Å². The number of pyridine rings is 1. The van der Waals surface area contributed by atoms with Crippen molar-refractivity contribution in [2.75, 3.05) is 27.2 Å². The molecule has 7 nitrogen and oxygen atoms in total. The highest BCUT2D eigenvalue weighted by atomic mass is 16.5. The Balaban J connectivity index is 1.69. The number of carbonyl (C=O) groups is 2. The van der Waals surface area contributed by atoms with Gasteiger partial charge in [0.15, 0.2) is 0 Å². The zero-order valence-electron chi connectivity index (χ0n) is 19.8. The second kappa shape index (κ2) is 9.75. The Kier molecular flexibility index (Phi) is 6.79. The van der Waals surface area contributed by atoms with Gasteiger partial charge < -0.3 is 14.5 Å². The zero-order chi connectivity index (χ0) is 23.5. The van der Waals surface area contributed by atoms with Crippen molar-refractivity contribution in [3.05, 3.63) is 65.6 Å². The van der Waals surface area contributed by atoms with Crippen LogP contribution in [0.2, 0.25) is 0 Å². The molecule has 174 valence electrons. The van der Waals surface area contributed by atoms with Crippen LogP contribution in [0.5, 0.6) is 5.75 Å². The lowest BCUT2D eigenvalue weighted by atomic mass is 10.00. The molecule has 0 saturated carbocycles. The average molecular weight is 449 g/mol. The number of benzene rings is 1.